The Morgan fingerprint density at radius 1 is 0.952 bits per heavy atom. The Balaban J connectivity index is 0.647. The molecular formula is C45H51F2N11O5. The molecule has 8 heterocycles. The number of imide groups is 1. The molecule has 0 spiro atoms. The van der Waals surface area contributed by atoms with Gasteiger partial charge in [0.15, 0.2) is 11.3 Å². The molecule has 2 bridgehead atoms. The van der Waals surface area contributed by atoms with Crippen molar-refractivity contribution in [3.8, 4) is 0 Å². The summed E-state index contributed by atoms with van der Waals surface area (Å²) in [7, 11) is 0. The predicted octanol–water partition coefficient (Wildman–Crippen LogP) is 6.25. The number of carbonyl (C=O) groups excluding carboxylic acids is 3. The number of nitrogens with one attached hydrogen (secondary N) is 2. The molecule has 63 heavy (non-hydrogen) atoms. The second-order valence-electron chi connectivity index (χ2n) is 18.2. The van der Waals surface area contributed by atoms with E-state index in [-0.39, 0.29) is 54.0 Å². The van der Waals surface area contributed by atoms with E-state index in [0.29, 0.717) is 30.6 Å². The van der Waals surface area contributed by atoms with Gasteiger partial charge in [-0.15, -0.1) is 0 Å². The van der Waals surface area contributed by atoms with Crippen LogP contribution in [0.25, 0.3) is 16.4 Å². The van der Waals surface area contributed by atoms with Gasteiger partial charge in [-0.25, -0.2) is 23.1 Å². The van der Waals surface area contributed by atoms with Crippen LogP contribution in [0.3, 0.4) is 0 Å². The molecule has 4 aromatic heterocycles. The molecule has 18 heteroatoms. The number of hydrogen-bond acceptors (Lipinski definition) is 11. The standard InChI is InChI=1S/C45H51F2N11O5/c46-42(47)41-37(50-44(60)36-20-49-57-15-10-39(51-43(36)57)56-23-32-18-29(56)25-62-32)24-58(53-41)28-6-4-26(5-7-28)22-54-12-8-30(9-13-54)63-31-16-27(17-31)33-2-1-3-34-35(33)19-48-21-38(34)55-14-11-40(59)52-45(55)61/h1-3,10,15,19-21,24,26-32,42H,4-9,11-14,16-18,22-23,25H2,(H,50,60)(H,52,59,61)/t26-,27?,28-,29-,31?,32-/m1/s1. The van der Waals surface area contributed by atoms with Crippen LogP contribution in [0, 0.1) is 5.92 Å². The number of pyridine rings is 1. The maximum absolute atomic E-state index is 14.3. The highest BCUT2D eigenvalue weighted by Gasteiger charge is 2.40. The molecule has 1 aromatic carbocycles. The smallest absolute Gasteiger partial charge is 0.328 e. The fourth-order valence-electron chi connectivity index (χ4n) is 10.9. The molecule has 6 aliphatic rings. The van der Waals surface area contributed by atoms with Gasteiger partial charge in [0.25, 0.3) is 12.3 Å². The first-order valence-electron chi connectivity index (χ1n) is 22.5. The van der Waals surface area contributed by atoms with Crippen LogP contribution < -0.4 is 20.4 Å². The van der Waals surface area contributed by atoms with E-state index in [1.807, 2.05) is 24.4 Å². The largest absolute Gasteiger partial charge is 0.375 e. The lowest BCUT2D eigenvalue weighted by atomic mass is 9.76. The van der Waals surface area contributed by atoms with Crippen LogP contribution in [0.4, 0.5) is 30.8 Å². The van der Waals surface area contributed by atoms with Crippen molar-refractivity contribution in [3.05, 3.63) is 72.1 Å². The number of anilines is 3. The van der Waals surface area contributed by atoms with Crippen LogP contribution in [0.1, 0.15) is 104 Å². The zero-order chi connectivity index (χ0) is 42.8. The number of fused-ring (bicyclic) bond motifs is 4. The molecule has 16 nitrogen and oxygen atoms in total. The highest BCUT2D eigenvalue weighted by molar-refractivity contribution is 6.10. The molecule has 4 saturated heterocycles. The predicted molar refractivity (Wildman–Crippen MR) is 228 cm³/mol. The van der Waals surface area contributed by atoms with Crippen molar-refractivity contribution in [3.63, 3.8) is 0 Å². The molecule has 2 aliphatic carbocycles. The highest BCUT2D eigenvalue weighted by Crippen LogP contribution is 2.44. The second kappa shape index (κ2) is 16.5. The van der Waals surface area contributed by atoms with Gasteiger partial charge in [0, 0.05) is 68.5 Å². The molecule has 0 unspecified atom stereocenters. The normalized spacial score (nSPS) is 26.8. The monoisotopic (exact) mass is 863 g/mol. The number of nitrogens with zero attached hydrogens (tertiary/aromatic N) is 9. The summed E-state index contributed by atoms with van der Waals surface area (Å²) < 4.78 is 44.1. The number of hydrogen-bond donors (Lipinski definition) is 2. The average molecular weight is 864 g/mol. The molecule has 5 aromatic rings. The van der Waals surface area contributed by atoms with Gasteiger partial charge >= 0.3 is 6.03 Å². The van der Waals surface area contributed by atoms with Crippen molar-refractivity contribution in [2.45, 2.75) is 107 Å². The second-order valence-corrected chi connectivity index (χ2v) is 18.2. The van der Waals surface area contributed by atoms with Gasteiger partial charge in [-0.2, -0.15) is 10.2 Å². The van der Waals surface area contributed by atoms with Crippen LogP contribution in [0.15, 0.2) is 55.2 Å². The molecular weight excluding hydrogens is 813 g/mol. The first kappa shape index (κ1) is 40.2. The van der Waals surface area contributed by atoms with E-state index in [2.05, 4.69) is 41.7 Å². The van der Waals surface area contributed by atoms with Gasteiger partial charge in [0.1, 0.15) is 11.4 Å². The van der Waals surface area contributed by atoms with Crippen molar-refractivity contribution >= 4 is 51.5 Å². The summed E-state index contributed by atoms with van der Waals surface area (Å²) >= 11 is 0. The number of aromatic nitrogens is 6. The van der Waals surface area contributed by atoms with E-state index < -0.39 is 24.1 Å². The quantitative estimate of drug-likeness (QED) is 0.154. The number of ether oxygens (including phenoxy) is 2. The molecule has 4 aliphatic heterocycles. The molecule has 2 saturated carbocycles. The van der Waals surface area contributed by atoms with Gasteiger partial charge in [-0.1, -0.05) is 18.2 Å². The number of morpholine rings is 1. The maximum Gasteiger partial charge on any atom is 0.328 e. The van der Waals surface area contributed by atoms with Gasteiger partial charge in [-0.3, -0.25) is 29.5 Å². The molecule has 4 amide bonds. The Kier molecular flexibility index (Phi) is 10.5. The summed E-state index contributed by atoms with van der Waals surface area (Å²) in [5.74, 6) is 0.806. The van der Waals surface area contributed by atoms with Crippen molar-refractivity contribution in [2.75, 3.05) is 54.4 Å². The Labute approximate surface area is 362 Å². The highest BCUT2D eigenvalue weighted by atomic mass is 19.3. The summed E-state index contributed by atoms with van der Waals surface area (Å²) in [6.45, 7) is 4.73. The summed E-state index contributed by atoms with van der Waals surface area (Å²) in [6, 6.07) is 7.89. The SMILES string of the molecule is O=C1CCN(c2cncc3c(C4CC(OC5CCN(C[C@H]6CC[C@H](n7cc(NC(=O)c8cnn9ccc(N%10C[C@H]%11C[C@@H]%10CO%11)nc89)c(C(F)F)n7)CC6)CC5)C4)cccc23)C(=O)N1. The minimum atomic E-state index is -2.85. The first-order chi connectivity index (χ1) is 30.7. The molecule has 2 N–H and O–H groups in total. The molecule has 11 rings (SSSR count). The lowest BCUT2D eigenvalue weighted by Crippen LogP contribution is -2.49. The number of piperidine rings is 1. The van der Waals surface area contributed by atoms with Gasteiger partial charge < -0.3 is 24.6 Å². The minimum Gasteiger partial charge on any atom is -0.375 e. The average Bonchev–Trinajstić information content (AvgIpc) is 4.10. The molecule has 330 valence electrons. The summed E-state index contributed by atoms with van der Waals surface area (Å²) in [4.78, 5) is 53.5. The van der Waals surface area contributed by atoms with Crippen LogP contribution in [-0.4, -0.2) is 116 Å². The topological polar surface area (TPSA) is 164 Å². The van der Waals surface area contributed by atoms with Crippen LogP contribution in [0.5, 0.6) is 0 Å². The van der Waals surface area contributed by atoms with Crippen LogP contribution in [0.2, 0.25) is 0 Å². The van der Waals surface area contributed by atoms with E-state index in [9.17, 15) is 23.2 Å². The zero-order valence-corrected chi connectivity index (χ0v) is 35.0. The molecule has 6 fully saturated rings. The fraction of sp³-hybridized carbons (Fsp3) is 0.533. The number of halogens is 2. The van der Waals surface area contributed by atoms with Gasteiger partial charge in [0.05, 0.1) is 60.8 Å². The third-order valence-corrected chi connectivity index (χ3v) is 14.3. The lowest BCUT2D eigenvalue weighted by molar-refractivity contribution is -0.120. The third kappa shape index (κ3) is 7.79. The van der Waals surface area contributed by atoms with Crippen molar-refractivity contribution < 1.29 is 32.6 Å². The van der Waals surface area contributed by atoms with E-state index in [0.717, 1.165) is 106 Å². The number of rotatable bonds is 11. The number of benzene rings is 1. The number of carbonyl (C=O) groups is 3. The molecule has 2 atom stereocenters. The van der Waals surface area contributed by atoms with Gasteiger partial charge in [0.2, 0.25) is 5.91 Å². The number of amides is 4. The van der Waals surface area contributed by atoms with E-state index >= 15 is 0 Å². The lowest BCUT2D eigenvalue weighted by Gasteiger charge is -2.41. The van der Waals surface area contributed by atoms with Crippen LogP contribution in [-0.2, 0) is 14.3 Å². The van der Waals surface area contributed by atoms with E-state index in [4.69, 9.17) is 14.5 Å². The summed E-state index contributed by atoms with van der Waals surface area (Å²) in [5.41, 5.74) is 2.08. The third-order valence-electron chi connectivity index (χ3n) is 14.3. The van der Waals surface area contributed by atoms with E-state index in [1.165, 1.54) is 16.3 Å². The van der Waals surface area contributed by atoms with Crippen molar-refractivity contribution in [1.82, 2.24) is 39.6 Å². The van der Waals surface area contributed by atoms with E-state index in [1.54, 1.807) is 28.2 Å². The Morgan fingerprint density at radius 3 is 2.56 bits per heavy atom. The number of urea groups is 1. The maximum atomic E-state index is 14.3. The minimum absolute atomic E-state index is 0.00833. The Morgan fingerprint density at radius 2 is 1.79 bits per heavy atom. The summed E-state index contributed by atoms with van der Waals surface area (Å²) in [6.07, 6.45) is 14.8. The number of alkyl halides is 2. The first-order valence-corrected chi connectivity index (χ1v) is 22.5. The summed E-state index contributed by atoms with van der Waals surface area (Å²) in [5, 5.41) is 15.7. The Hall–Kier alpha value is -5.59. The zero-order valence-electron chi connectivity index (χ0n) is 35.0. The Bertz CT molecular complexity index is 2540. The van der Waals surface area contributed by atoms with Gasteiger partial charge in [-0.05, 0) is 81.3 Å². The fourth-order valence-corrected chi connectivity index (χ4v) is 10.9. The van der Waals surface area contributed by atoms with Crippen molar-refractivity contribution in [1.29, 1.82) is 0 Å². The van der Waals surface area contributed by atoms with Crippen molar-refractivity contribution in [2.24, 2.45) is 5.92 Å². The molecule has 0 radical (unpaired) electrons. The van der Waals surface area contributed by atoms with Crippen LogP contribution >= 0.6 is 0 Å². The number of likely N-dealkylation sites (tertiary alicyclic amines) is 1.